The molecule has 0 radical (unpaired) electrons. The predicted octanol–water partition coefficient (Wildman–Crippen LogP) is 2.28. The van der Waals surface area contributed by atoms with E-state index in [1.807, 2.05) is 41.2 Å². The lowest BCUT2D eigenvalue weighted by Gasteiger charge is -2.26. The first-order valence-electron chi connectivity index (χ1n) is 8.63. The van der Waals surface area contributed by atoms with Crippen molar-refractivity contribution < 1.29 is 0 Å². The second-order valence-electron chi connectivity index (χ2n) is 6.20. The lowest BCUT2D eigenvalue weighted by molar-refractivity contribution is 0.699. The molecule has 4 aromatic heterocycles. The maximum absolute atomic E-state index is 8.78. The first kappa shape index (κ1) is 16.7. The van der Waals surface area contributed by atoms with Gasteiger partial charge < -0.3 is 9.88 Å². The molecule has 0 fully saturated rings. The molecule has 0 spiro atoms. The number of aryl methyl sites for hydroxylation is 1. The molecule has 8 nitrogen and oxygen atoms in total. The molecule has 1 aliphatic heterocycles. The largest absolute Gasteiger partial charge is 0.350 e. The van der Waals surface area contributed by atoms with Crippen LogP contribution < -0.4 is 4.90 Å². The van der Waals surface area contributed by atoms with Gasteiger partial charge in [-0.05, 0) is 30.7 Å². The molecule has 0 atom stereocenters. The Labute approximate surface area is 156 Å². The molecule has 27 heavy (non-hydrogen) atoms. The molecule has 4 aromatic rings. The molecule has 0 aromatic carbocycles. The summed E-state index contributed by atoms with van der Waals surface area (Å²) in [7, 11) is 0. The van der Waals surface area contributed by atoms with Gasteiger partial charge in [0.15, 0.2) is 0 Å². The van der Waals surface area contributed by atoms with Gasteiger partial charge in [-0.1, -0.05) is 6.07 Å². The number of pyridine rings is 1. The summed E-state index contributed by atoms with van der Waals surface area (Å²) in [6.07, 6.45) is 7.98. The van der Waals surface area contributed by atoms with Crippen LogP contribution in [0.1, 0.15) is 22.8 Å². The SMILES string of the molecule is Cc1cccn2nccc12.N#Cc1nccc(N2CCc3nc[nH]c3C2)n1. The summed E-state index contributed by atoms with van der Waals surface area (Å²) in [5.41, 5.74) is 4.69. The smallest absolute Gasteiger partial charge is 0.234 e. The molecule has 5 rings (SSSR count). The number of aromatic nitrogens is 6. The molecule has 0 amide bonds. The van der Waals surface area contributed by atoms with Crippen LogP contribution >= 0.6 is 0 Å². The normalized spacial score (nSPS) is 12.8. The molecular weight excluding hydrogens is 340 g/mol. The van der Waals surface area contributed by atoms with Crippen molar-refractivity contribution in [3.63, 3.8) is 0 Å². The number of imidazole rings is 1. The fraction of sp³-hybridized carbons (Fsp3) is 0.211. The highest BCUT2D eigenvalue weighted by Crippen LogP contribution is 2.20. The zero-order chi connectivity index (χ0) is 18.6. The van der Waals surface area contributed by atoms with Crippen LogP contribution in [-0.4, -0.2) is 36.1 Å². The van der Waals surface area contributed by atoms with Gasteiger partial charge in [0.05, 0.1) is 29.8 Å². The van der Waals surface area contributed by atoms with Crippen LogP contribution in [0.5, 0.6) is 0 Å². The zero-order valence-electron chi connectivity index (χ0n) is 14.9. The highest BCUT2D eigenvalue weighted by atomic mass is 15.2. The van der Waals surface area contributed by atoms with Crippen molar-refractivity contribution in [2.75, 3.05) is 11.4 Å². The Morgan fingerprint density at radius 3 is 2.96 bits per heavy atom. The van der Waals surface area contributed by atoms with E-state index in [1.165, 1.54) is 11.1 Å². The summed E-state index contributed by atoms with van der Waals surface area (Å²) in [5.74, 6) is 0.995. The molecule has 1 aliphatic rings. The number of hydrogen-bond acceptors (Lipinski definition) is 6. The van der Waals surface area contributed by atoms with Crippen molar-refractivity contribution in [3.8, 4) is 6.07 Å². The van der Waals surface area contributed by atoms with E-state index >= 15 is 0 Å². The molecule has 0 saturated carbocycles. The molecule has 5 heterocycles. The highest BCUT2D eigenvalue weighted by Gasteiger charge is 2.19. The van der Waals surface area contributed by atoms with Gasteiger partial charge >= 0.3 is 0 Å². The fourth-order valence-electron chi connectivity index (χ4n) is 3.09. The standard InChI is InChI=1S/C11H10N6.C8H8N2/c12-5-10-13-3-1-11(16-10)17-4-2-8-9(6-17)15-7-14-8;1-7-3-2-6-10-8(7)4-5-9-10/h1,3,7H,2,4,6H2,(H,14,15);2-6H,1H3. The Balaban J connectivity index is 0.000000153. The maximum Gasteiger partial charge on any atom is 0.234 e. The van der Waals surface area contributed by atoms with E-state index < -0.39 is 0 Å². The minimum atomic E-state index is 0.206. The molecule has 8 heteroatoms. The number of nitrogens with one attached hydrogen (secondary N) is 1. The first-order chi connectivity index (χ1) is 13.2. The van der Waals surface area contributed by atoms with Gasteiger partial charge in [-0.25, -0.2) is 19.5 Å². The highest BCUT2D eigenvalue weighted by molar-refractivity contribution is 5.52. The van der Waals surface area contributed by atoms with Crippen molar-refractivity contribution in [2.45, 2.75) is 19.9 Å². The number of H-pyrrole nitrogens is 1. The molecule has 1 N–H and O–H groups in total. The van der Waals surface area contributed by atoms with Crippen molar-refractivity contribution >= 4 is 11.3 Å². The summed E-state index contributed by atoms with van der Waals surface area (Å²) in [6, 6.07) is 9.86. The van der Waals surface area contributed by atoms with E-state index in [0.29, 0.717) is 0 Å². The number of nitriles is 1. The van der Waals surface area contributed by atoms with E-state index in [4.69, 9.17) is 5.26 Å². The van der Waals surface area contributed by atoms with E-state index in [1.54, 1.807) is 12.5 Å². The van der Waals surface area contributed by atoms with E-state index in [9.17, 15) is 0 Å². The Morgan fingerprint density at radius 1 is 1.19 bits per heavy atom. The number of rotatable bonds is 1. The van der Waals surface area contributed by atoms with Gasteiger partial charge in [0, 0.05) is 31.6 Å². The average molecular weight is 358 g/mol. The predicted molar refractivity (Wildman–Crippen MR) is 100 cm³/mol. The topological polar surface area (TPSA) is 98.8 Å². The molecule has 0 aliphatic carbocycles. The summed E-state index contributed by atoms with van der Waals surface area (Å²) in [4.78, 5) is 17.5. The second kappa shape index (κ2) is 7.25. The second-order valence-corrected chi connectivity index (χ2v) is 6.20. The van der Waals surface area contributed by atoms with Crippen LogP contribution in [0.4, 0.5) is 5.82 Å². The summed E-state index contributed by atoms with van der Waals surface area (Å²) in [5, 5.41) is 12.9. The van der Waals surface area contributed by atoms with Crippen LogP contribution in [0.3, 0.4) is 0 Å². The Hall–Kier alpha value is -3.73. The number of hydrogen-bond donors (Lipinski definition) is 1. The number of fused-ring (bicyclic) bond motifs is 2. The molecular formula is C19H18N8. The van der Waals surface area contributed by atoms with Gasteiger partial charge in [0.1, 0.15) is 11.9 Å². The molecule has 0 unspecified atom stereocenters. The Kier molecular flexibility index (Phi) is 4.49. The van der Waals surface area contributed by atoms with E-state index in [-0.39, 0.29) is 5.82 Å². The first-order valence-corrected chi connectivity index (χ1v) is 8.63. The van der Waals surface area contributed by atoms with Crippen molar-refractivity contribution in [2.24, 2.45) is 0 Å². The van der Waals surface area contributed by atoms with Crippen LogP contribution in [-0.2, 0) is 13.0 Å². The maximum atomic E-state index is 8.78. The zero-order valence-corrected chi connectivity index (χ0v) is 14.9. The van der Waals surface area contributed by atoms with E-state index in [2.05, 4.69) is 42.9 Å². The number of anilines is 1. The van der Waals surface area contributed by atoms with Crippen LogP contribution in [0.25, 0.3) is 5.52 Å². The Bertz CT molecular complexity index is 1100. The monoisotopic (exact) mass is 358 g/mol. The minimum Gasteiger partial charge on any atom is -0.350 e. The van der Waals surface area contributed by atoms with Gasteiger partial charge in [0.2, 0.25) is 5.82 Å². The van der Waals surface area contributed by atoms with Crippen LogP contribution in [0.2, 0.25) is 0 Å². The lowest BCUT2D eigenvalue weighted by atomic mass is 10.1. The quantitative estimate of drug-likeness (QED) is 0.560. The summed E-state index contributed by atoms with van der Waals surface area (Å²) >= 11 is 0. The molecule has 0 saturated heterocycles. The summed E-state index contributed by atoms with van der Waals surface area (Å²) < 4.78 is 1.87. The summed E-state index contributed by atoms with van der Waals surface area (Å²) in [6.45, 7) is 3.69. The van der Waals surface area contributed by atoms with Gasteiger partial charge in [-0.3, -0.25) is 0 Å². The fourth-order valence-corrected chi connectivity index (χ4v) is 3.09. The van der Waals surface area contributed by atoms with Gasteiger partial charge in [-0.15, -0.1) is 0 Å². The van der Waals surface area contributed by atoms with Crippen molar-refractivity contribution in [3.05, 3.63) is 72.0 Å². The lowest BCUT2D eigenvalue weighted by Crippen LogP contribution is -2.31. The van der Waals surface area contributed by atoms with Crippen LogP contribution in [0.15, 0.2) is 49.2 Å². The van der Waals surface area contributed by atoms with Gasteiger partial charge in [0.25, 0.3) is 0 Å². The van der Waals surface area contributed by atoms with E-state index in [0.717, 1.165) is 36.7 Å². The third kappa shape index (κ3) is 3.48. The van der Waals surface area contributed by atoms with Gasteiger partial charge in [-0.2, -0.15) is 10.4 Å². The third-order valence-corrected chi connectivity index (χ3v) is 4.49. The number of nitrogens with zero attached hydrogens (tertiary/aromatic N) is 7. The van der Waals surface area contributed by atoms with Crippen LogP contribution in [0, 0.1) is 18.3 Å². The van der Waals surface area contributed by atoms with Crippen molar-refractivity contribution in [1.82, 2.24) is 29.5 Å². The minimum absolute atomic E-state index is 0.206. The number of aromatic amines is 1. The average Bonchev–Trinajstić information content (AvgIpc) is 3.38. The third-order valence-electron chi connectivity index (χ3n) is 4.49. The molecule has 134 valence electrons. The van der Waals surface area contributed by atoms with Crippen molar-refractivity contribution in [1.29, 1.82) is 5.26 Å². The molecule has 0 bridgehead atoms. The Morgan fingerprint density at radius 2 is 2.11 bits per heavy atom.